The van der Waals surface area contributed by atoms with Crippen molar-refractivity contribution in [2.45, 2.75) is 38.3 Å². The first-order valence-electron chi connectivity index (χ1n) is 7.26. The van der Waals surface area contributed by atoms with Gasteiger partial charge in [-0.25, -0.2) is 0 Å². The number of terminal acetylenes is 1. The number of ether oxygens (including phenoxy) is 2. The maximum absolute atomic E-state index is 11.7. The largest absolute Gasteiger partial charge is 0.378 e. The van der Waals surface area contributed by atoms with Gasteiger partial charge in [0.2, 0.25) is 0 Å². The molecule has 0 bridgehead atoms. The summed E-state index contributed by atoms with van der Waals surface area (Å²) in [5.74, 6) is 1.11. The maximum Gasteiger partial charge on any atom is 0.309 e. The van der Waals surface area contributed by atoms with Gasteiger partial charge in [-0.1, -0.05) is 5.92 Å². The van der Waals surface area contributed by atoms with Crippen LogP contribution in [0.3, 0.4) is 0 Å². The molecule has 1 saturated carbocycles. The van der Waals surface area contributed by atoms with Crippen molar-refractivity contribution in [1.29, 1.82) is 0 Å². The van der Waals surface area contributed by atoms with Gasteiger partial charge in [0, 0.05) is 18.0 Å². The van der Waals surface area contributed by atoms with Crippen LogP contribution in [0.25, 0.3) is 0 Å². The lowest BCUT2D eigenvalue weighted by Crippen LogP contribution is -2.54. The van der Waals surface area contributed by atoms with Gasteiger partial charge in [-0.2, -0.15) is 0 Å². The minimum atomic E-state index is -0.628. The summed E-state index contributed by atoms with van der Waals surface area (Å²) < 4.78 is 10.6. The molecule has 0 radical (unpaired) electrons. The van der Waals surface area contributed by atoms with Crippen LogP contribution < -0.4 is 10.6 Å². The monoisotopic (exact) mass is 294 g/mol. The number of hydrogen-bond donors (Lipinski definition) is 2. The molecule has 1 unspecified atom stereocenters. The van der Waals surface area contributed by atoms with Crippen LogP contribution in [0.5, 0.6) is 0 Å². The van der Waals surface area contributed by atoms with Crippen molar-refractivity contribution in [3.05, 3.63) is 0 Å². The van der Waals surface area contributed by atoms with E-state index in [0.29, 0.717) is 12.7 Å². The smallest absolute Gasteiger partial charge is 0.309 e. The van der Waals surface area contributed by atoms with Crippen molar-refractivity contribution in [1.82, 2.24) is 10.6 Å². The fourth-order valence-electron chi connectivity index (χ4n) is 3.12. The minimum Gasteiger partial charge on any atom is -0.378 e. The number of nitrogens with one attached hydrogen (secondary N) is 2. The van der Waals surface area contributed by atoms with Gasteiger partial charge in [0.1, 0.15) is 6.61 Å². The normalized spacial score (nSPS) is 30.5. The van der Waals surface area contributed by atoms with Crippen LogP contribution in [0.4, 0.5) is 0 Å². The van der Waals surface area contributed by atoms with Gasteiger partial charge in [0.15, 0.2) is 0 Å². The molecule has 1 heterocycles. The van der Waals surface area contributed by atoms with Crippen molar-refractivity contribution >= 4 is 11.8 Å². The number of carbonyl (C=O) groups is 2. The highest BCUT2D eigenvalue weighted by Gasteiger charge is 2.49. The molecule has 21 heavy (non-hydrogen) atoms. The molecule has 0 aromatic carbocycles. The zero-order valence-corrected chi connectivity index (χ0v) is 12.3. The molecule has 116 valence electrons. The van der Waals surface area contributed by atoms with E-state index in [1.54, 1.807) is 0 Å². The Morgan fingerprint density at radius 3 is 2.76 bits per heavy atom. The van der Waals surface area contributed by atoms with Crippen molar-refractivity contribution in [3.63, 3.8) is 0 Å². The first-order valence-corrected chi connectivity index (χ1v) is 7.26. The molecule has 6 heteroatoms. The van der Waals surface area contributed by atoms with Crippen LogP contribution in [-0.4, -0.2) is 50.3 Å². The summed E-state index contributed by atoms with van der Waals surface area (Å²) in [6, 6.07) is 0.0786. The molecule has 2 N–H and O–H groups in total. The van der Waals surface area contributed by atoms with Crippen LogP contribution in [0.1, 0.15) is 26.2 Å². The topological polar surface area (TPSA) is 76.7 Å². The van der Waals surface area contributed by atoms with Gasteiger partial charge >= 0.3 is 11.8 Å². The van der Waals surface area contributed by atoms with E-state index in [2.05, 4.69) is 23.5 Å². The molecule has 2 amide bonds. The first kappa shape index (κ1) is 15.8. The second-order valence-corrected chi connectivity index (χ2v) is 5.92. The summed E-state index contributed by atoms with van der Waals surface area (Å²) in [4.78, 5) is 23.3. The van der Waals surface area contributed by atoms with E-state index in [4.69, 9.17) is 15.9 Å². The van der Waals surface area contributed by atoms with E-state index in [9.17, 15) is 9.59 Å². The van der Waals surface area contributed by atoms with Crippen LogP contribution in [0.2, 0.25) is 0 Å². The third-order valence-electron chi connectivity index (χ3n) is 4.01. The van der Waals surface area contributed by atoms with Crippen LogP contribution in [-0.2, 0) is 19.1 Å². The molecule has 1 aliphatic heterocycles. The van der Waals surface area contributed by atoms with Crippen LogP contribution in [0.15, 0.2) is 0 Å². The summed E-state index contributed by atoms with van der Waals surface area (Å²) in [6.45, 7) is 3.60. The Labute approximate surface area is 124 Å². The number of carbonyl (C=O) groups excluding carboxylic acids is 2. The molecule has 2 fully saturated rings. The molecule has 1 atom stereocenters. The van der Waals surface area contributed by atoms with Crippen molar-refractivity contribution < 1.29 is 19.1 Å². The van der Waals surface area contributed by atoms with E-state index in [1.165, 1.54) is 0 Å². The summed E-state index contributed by atoms with van der Waals surface area (Å²) in [5.41, 5.74) is 0.219. The highest BCUT2D eigenvalue weighted by Crippen LogP contribution is 2.49. The lowest BCUT2D eigenvalue weighted by molar-refractivity contribution is -0.140. The SMILES string of the molecule is C#CCOCCNC(=O)C(=O)NC1CC2(COC(C)C2)C1. The zero-order valence-electron chi connectivity index (χ0n) is 12.3. The molecule has 1 aliphatic carbocycles. The highest BCUT2D eigenvalue weighted by molar-refractivity contribution is 6.35. The predicted molar refractivity (Wildman–Crippen MR) is 76.3 cm³/mol. The lowest BCUT2D eigenvalue weighted by Gasteiger charge is -2.44. The van der Waals surface area contributed by atoms with E-state index in [1.807, 2.05) is 0 Å². The Bertz CT molecular complexity index is 437. The average Bonchev–Trinajstić information content (AvgIpc) is 2.80. The Hall–Kier alpha value is -1.58. The first-order chi connectivity index (χ1) is 10.0. The quantitative estimate of drug-likeness (QED) is 0.419. The Balaban J connectivity index is 1.60. The number of amides is 2. The molecule has 1 saturated heterocycles. The standard InChI is InChI=1S/C15H22N2O4/c1-3-5-20-6-4-16-13(18)14(19)17-12-8-15(9-12)7-11(2)21-10-15/h1,11-12H,4-10H2,2H3,(H,16,18)(H,17,19). The molecule has 0 aromatic heterocycles. The Morgan fingerprint density at radius 1 is 1.38 bits per heavy atom. The van der Waals surface area contributed by atoms with Gasteiger partial charge in [0.05, 0.1) is 19.3 Å². The molecule has 0 aromatic rings. The molecule has 1 spiro atoms. The molecular formula is C15H22N2O4. The van der Waals surface area contributed by atoms with Crippen molar-refractivity contribution in [2.75, 3.05) is 26.4 Å². The second-order valence-electron chi connectivity index (χ2n) is 5.92. The van der Waals surface area contributed by atoms with Crippen LogP contribution >= 0.6 is 0 Å². The summed E-state index contributed by atoms with van der Waals surface area (Å²) >= 11 is 0. The zero-order chi connectivity index (χ0) is 15.3. The van der Waals surface area contributed by atoms with E-state index < -0.39 is 11.8 Å². The fourth-order valence-corrected chi connectivity index (χ4v) is 3.12. The molecule has 2 rings (SSSR count). The fraction of sp³-hybridized carbons (Fsp3) is 0.733. The number of rotatable bonds is 5. The van der Waals surface area contributed by atoms with Gasteiger partial charge in [-0.05, 0) is 26.2 Å². The molecule has 2 aliphatic rings. The summed E-state index contributed by atoms with van der Waals surface area (Å²) in [5, 5.41) is 5.25. The Kier molecular flexibility index (Phi) is 5.21. The third kappa shape index (κ3) is 4.19. The predicted octanol–water partition coefficient (Wildman–Crippen LogP) is -0.174. The van der Waals surface area contributed by atoms with Gasteiger partial charge in [0.25, 0.3) is 0 Å². The second kappa shape index (κ2) is 6.92. The van der Waals surface area contributed by atoms with Gasteiger partial charge in [-0.3, -0.25) is 9.59 Å². The van der Waals surface area contributed by atoms with Gasteiger partial charge in [-0.15, -0.1) is 6.42 Å². The maximum atomic E-state index is 11.7. The van der Waals surface area contributed by atoms with Crippen molar-refractivity contribution in [2.24, 2.45) is 5.41 Å². The summed E-state index contributed by atoms with van der Waals surface area (Å²) in [7, 11) is 0. The van der Waals surface area contributed by atoms with E-state index in [0.717, 1.165) is 25.9 Å². The molecular weight excluding hydrogens is 272 g/mol. The lowest BCUT2D eigenvalue weighted by atomic mass is 9.64. The average molecular weight is 294 g/mol. The Morgan fingerprint density at radius 2 is 2.14 bits per heavy atom. The van der Waals surface area contributed by atoms with Gasteiger partial charge < -0.3 is 20.1 Å². The summed E-state index contributed by atoms with van der Waals surface area (Å²) in [6.07, 6.45) is 8.14. The minimum absolute atomic E-state index is 0.0786. The molecule has 6 nitrogen and oxygen atoms in total. The number of hydrogen-bond acceptors (Lipinski definition) is 4. The van der Waals surface area contributed by atoms with Crippen molar-refractivity contribution in [3.8, 4) is 12.3 Å². The highest BCUT2D eigenvalue weighted by atomic mass is 16.5. The van der Waals surface area contributed by atoms with E-state index in [-0.39, 0.29) is 24.6 Å². The third-order valence-corrected chi connectivity index (χ3v) is 4.01. The van der Waals surface area contributed by atoms with E-state index >= 15 is 0 Å². The van der Waals surface area contributed by atoms with Crippen LogP contribution in [0, 0.1) is 17.8 Å².